The first-order chi connectivity index (χ1) is 7.94. The predicted molar refractivity (Wildman–Crippen MR) is 71.2 cm³/mol. The van der Waals surface area contributed by atoms with Crippen LogP contribution in [0, 0.1) is 0 Å². The molecule has 0 saturated carbocycles. The molecule has 0 bridgehead atoms. The highest BCUT2D eigenvalue weighted by Crippen LogP contribution is 2.35. The molecule has 1 aliphatic heterocycles. The molecule has 0 radical (unpaired) electrons. The lowest BCUT2D eigenvalue weighted by atomic mass is 10.1. The third-order valence-corrected chi connectivity index (χ3v) is 5.58. The fourth-order valence-electron chi connectivity index (χ4n) is 1.74. The maximum Gasteiger partial charge on any atom is 0.242 e. The van der Waals surface area contributed by atoms with Crippen molar-refractivity contribution in [1.29, 1.82) is 0 Å². The van der Waals surface area contributed by atoms with Crippen LogP contribution in [-0.4, -0.2) is 14.3 Å². The number of carbonyl (C=O) groups excluding carboxylic acids is 1. The van der Waals surface area contributed by atoms with Crippen molar-refractivity contribution >= 4 is 47.8 Å². The van der Waals surface area contributed by atoms with E-state index < -0.39 is 21.2 Å². The molecule has 4 nitrogen and oxygen atoms in total. The van der Waals surface area contributed by atoms with Crippen LogP contribution in [0.25, 0.3) is 0 Å². The van der Waals surface area contributed by atoms with Crippen LogP contribution in [0.15, 0.2) is 22.7 Å². The summed E-state index contributed by atoms with van der Waals surface area (Å²) in [6.07, 6.45) is -0.0193. The van der Waals surface area contributed by atoms with Gasteiger partial charge in [-0.15, -0.1) is 0 Å². The van der Waals surface area contributed by atoms with Crippen LogP contribution in [0.1, 0.15) is 22.8 Å². The normalized spacial score (nSPS) is 22.5. The Balaban J connectivity index is 2.45. The van der Waals surface area contributed by atoms with Gasteiger partial charge in [-0.3, -0.25) is 9.52 Å². The molecule has 1 aliphatic rings. The summed E-state index contributed by atoms with van der Waals surface area (Å²) in [6, 6.07) is 5.43. The lowest BCUT2D eigenvalue weighted by Gasteiger charge is -2.11. The van der Waals surface area contributed by atoms with Crippen LogP contribution in [0.2, 0.25) is 0 Å². The Morgan fingerprint density at radius 2 is 2.12 bits per heavy atom. The van der Waals surface area contributed by atoms with Gasteiger partial charge in [0.1, 0.15) is 5.25 Å². The quantitative estimate of drug-likeness (QED) is 0.797. The van der Waals surface area contributed by atoms with Gasteiger partial charge in [0, 0.05) is 9.80 Å². The lowest BCUT2D eigenvalue weighted by Crippen LogP contribution is -2.21. The van der Waals surface area contributed by atoms with Gasteiger partial charge < -0.3 is 0 Å². The van der Waals surface area contributed by atoms with Crippen molar-refractivity contribution in [2.75, 3.05) is 0 Å². The third-order valence-electron chi connectivity index (χ3n) is 2.57. The van der Waals surface area contributed by atoms with Crippen LogP contribution >= 0.6 is 31.9 Å². The number of carbonyl (C=O) groups is 1. The van der Waals surface area contributed by atoms with Crippen LogP contribution in [0.3, 0.4) is 0 Å². The highest BCUT2D eigenvalue weighted by molar-refractivity contribution is 9.10. The molecular weight excluding hydrogens is 374 g/mol. The van der Waals surface area contributed by atoms with E-state index in [4.69, 9.17) is 0 Å². The Morgan fingerprint density at radius 3 is 2.59 bits per heavy atom. The second-order valence-electron chi connectivity index (χ2n) is 3.75. The fraction of sp³-hybridized carbons (Fsp3) is 0.300. The Kier molecular flexibility index (Phi) is 3.61. The fourth-order valence-corrected chi connectivity index (χ4v) is 4.40. The van der Waals surface area contributed by atoms with E-state index in [2.05, 4.69) is 31.9 Å². The Hall–Kier alpha value is -0.400. The maximum absolute atomic E-state index is 11.7. The van der Waals surface area contributed by atoms with Crippen molar-refractivity contribution in [3.8, 4) is 0 Å². The van der Waals surface area contributed by atoms with Crippen molar-refractivity contribution in [2.24, 2.45) is 0 Å². The zero-order chi connectivity index (χ0) is 12.6. The zero-order valence-corrected chi connectivity index (χ0v) is 12.6. The number of nitrogens with one attached hydrogen (secondary N) is 1. The maximum atomic E-state index is 11.7. The van der Waals surface area contributed by atoms with Crippen LogP contribution < -0.4 is 4.72 Å². The highest BCUT2D eigenvalue weighted by Gasteiger charge is 2.38. The van der Waals surface area contributed by atoms with Gasteiger partial charge in [-0.25, -0.2) is 8.42 Å². The van der Waals surface area contributed by atoms with E-state index in [0.29, 0.717) is 15.4 Å². The van der Waals surface area contributed by atoms with Crippen LogP contribution in [-0.2, 0) is 20.1 Å². The highest BCUT2D eigenvalue weighted by atomic mass is 79.9. The molecule has 1 heterocycles. The van der Waals surface area contributed by atoms with Crippen molar-refractivity contribution in [3.63, 3.8) is 0 Å². The SMILES string of the molecule is O=C1CC(c2ccc(CBr)cc2Br)S(=O)(=O)N1. The minimum atomic E-state index is -3.57. The molecule has 92 valence electrons. The summed E-state index contributed by atoms with van der Waals surface area (Å²) in [4.78, 5) is 11.2. The van der Waals surface area contributed by atoms with Gasteiger partial charge in [-0.1, -0.05) is 44.0 Å². The van der Waals surface area contributed by atoms with Gasteiger partial charge in [0.15, 0.2) is 0 Å². The number of halogens is 2. The Bertz CT molecular complexity index is 571. The summed E-state index contributed by atoms with van der Waals surface area (Å²) in [6.45, 7) is 0. The molecule has 2 rings (SSSR count). The molecule has 1 aromatic rings. The molecular formula is C10H9Br2NO3S. The smallest absolute Gasteiger partial charge is 0.242 e. The number of sulfonamides is 1. The van der Waals surface area contributed by atoms with E-state index in [1.54, 1.807) is 6.07 Å². The van der Waals surface area contributed by atoms with Crippen molar-refractivity contribution in [3.05, 3.63) is 33.8 Å². The average molecular weight is 383 g/mol. The first kappa shape index (κ1) is 13.0. The minimum Gasteiger partial charge on any atom is -0.274 e. The zero-order valence-electron chi connectivity index (χ0n) is 8.61. The van der Waals surface area contributed by atoms with Crippen molar-refractivity contribution < 1.29 is 13.2 Å². The van der Waals surface area contributed by atoms with E-state index >= 15 is 0 Å². The second-order valence-corrected chi connectivity index (χ2v) is 7.03. The second kappa shape index (κ2) is 4.70. The molecule has 1 unspecified atom stereocenters. The van der Waals surface area contributed by atoms with Gasteiger partial charge in [0.05, 0.1) is 6.42 Å². The number of hydrogen-bond donors (Lipinski definition) is 1. The topological polar surface area (TPSA) is 63.2 Å². The molecule has 17 heavy (non-hydrogen) atoms. The molecule has 7 heteroatoms. The number of rotatable bonds is 2. The summed E-state index contributed by atoms with van der Waals surface area (Å²) in [7, 11) is -3.57. The standard InChI is InChI=1S/C10H9Br2NO3S/c11-5-6-1-2-7(8(12)3-6)9-4-10(14)13-17(9,15)16/h1-3,9H,4-5H2,(H,13,14). The van der Waals surface area contributed by atoms with E-state index in [9.17, 15) is 13.2 Å². The van der Waals surface area contributed by atoms with Gasteiger partial charge in [0.2, 0.25) is 15.9 Å². The summed E-state index contributed by atoms with van der Waals surface area (Å²) in [5, 5.41) is -0.103. The lowest BCUT2D eigenvalue weighted by molar-refractivity contribution is -0.118. The van der Waals surface area contributed by atoms with Crippen LogP contribution in [0.5, 0.6) is 0 Å². The first-order valence-electron chi connectivity index (χ1n) is 4.83. The number of hydrogen-bond acceptors (Lipinski definition) is 3. The summed E-state index contributed by atoms with van der Waals surface area (Å²) >= 11 is 6.67. The number of alkyl halides is 1. The van der Waals surface area contributed by atoms with Crippen LogP contribution in [0.4, 0.5) is 0 Å². The average Bonchev–Trinajstić information content (AvgIpc) is 2.51. The van der Waals surface area contributed by atoms with Gasteiger partial charge in [0.25, 0.3) is 0 Å². The minimum absolute atomic E-state index is 0.0193. The predicted octanol–water partition coefficient (Wildman–Crippen LogP) is 2.23. The molecule has 0 aromatic heterocycles. The molecule has 1 saturated heterocycles. The van der Waals surface area contributed by atoms with Gasteiger partial charge in [-0.2, -0.15) is 0 Å². The van der Waals surface area contributed by atoms with Gasteiger partial charge in [-0.05, 0) is 17.2 Å². The van der Waals surface area contributed by atoms with E-state index in [1.165, 1.54) is 0 Å². The van der Waals surface area contributed by atoms with E-state index in [-0.39, 0.29) is 6.42 Å². The Labute approximate surface area is 116 Å². The summed E-state index contributed by atoms with van der Waals surface area (Å²) in [5.41, 5.74) is 1.66. The van der Waals surface area contributed by atoms with Crippen molar-refractivity contribution in [2.45, 2.75) is 17.0 Å². The van der Waals surface area contributed by atoms with Gasteiger partial charge >= 0.3 is 0 Å². The third kappa shape index (κ3) is 2.56. The molecule has 1 atom stereocenters. The number of amides is 1. The largest absolute Gasteiger partial charge is 0.274 e. The molecule has 0 spiro atoms. The van der Waals surface area contributed by atoms with Crippen molar-refractivity contribution in [1.82, 2.24) is 4.72 Å². The molecule has 1 amide bonds. The Morgan fingerprint density at radius 1 is 1.41 bits per heavy atom. The number of benzene rings is 1. The first-order valence-corrected chi connectivity index (χ1v) is 8.29. The van der Waals surface area contributed by atoms with E-state index in [1.807, 2.05) is 16.9 Å². The molecule has 0 aliphatic carbocycles. The molecule has 1 aromatic carbocycles. The molecule has 1 N–H and O–H groups in total. The molecule has 1 fully saturated rings. The monoisotopic (exact) mass is 381 g/mol. The van der Waals surface area contributed by atoms with E-state index in [0.717, 1.165) is 5.56 Å². The summed E-state index contributed by atoms with van der Waals surface area (Å²) < 4.78 is 26.1. The summed E-state index contributed by atoms with van der Waals surface area (Å²) in [5.74, 6) is -0.452.